The normalized spacial score (nSPS) is 15.5. The minimum Gasteiger partial charge on any atom is -0.323 e. The number of nitrogens with zero attached hydrogens (tertiary/aromatic N) is 3. The highest BCUT2D eigenvalue weighted by molar-refractivity contribution is 6.31. The molecule has 1 atom stereocenters. The molecule has 33 heavy (non-hydrogen) atoms. The number of pyridine rings is 2. The van der Waals surface area contributed by atoms with Gasteiger partial charge in [-0.1, -0.05) is 17.7 Å². The number of carbonyl (C=O) groups is 2. The second-order valence-corrected chi connectivity index (χ2v) is 7.78. The molecule has 0 fully saturated rings. The molecule has 0 saturated heterocycles. The van der Waals surface area contributed by atoms with Crippen molar-refractivity contribution < 1.29 is 27.2 Å². The van der Waals surface area contributed by atoms with E-state index < -0.39 is 42.0 Å². The summed E-state index contributed by atoms with van der Waals surface area (Å²) < 4.78 is 53.0. The van der Waals surface area contributed by atoms with Crippen LogP contribution < -0.4 is 10.2 Å². The molecule has 2 amide bonds. The van der Waals surface area contributed by atoms with Gasteiger partial charge >= 0.3 is 6.18 Å². The van der Waals surface area contributed by atoms with Crippen molar-refractivity contribution in [3.63, 3.8) is 0 Å². The van der Waals surface area contributed by atoms with Crippen LogP contribution >= 0.6 is 11.6 Å². The van der Waals surface area contributed by atoms with Crippen LogP contribution in [0.25, 0.3) is 11.1 Å². The van der Waals surface area contributed by atoms with Gasteiger partial charge in [-0.05, 0) is 37.3 Å². The van der Waals surface area contributed by atoms with Crippen molar-refractivity contribution in [3.8, 4) is 11.1 Å². The summed E-state index contributed by atoms with van der Waals surface area (Å²) in [6.45, 7) is 1.05. The van der Waals surface area contributed by atoms with Gasteiger partial charge in [-0.2, -0.15) is 13.2 Å². The van der Waals surface area contributed by atoms with Crippen molar-refractivity contribution in [2.75, 3.05) is 16.8 Å². The van der Waals surface area contributed by atoms with E-state index in [-0.39, 0.29) is 22.0 Å². The fraction of sp³-hybridized carbons (Fsp3) is 0.182. The Bertz CT molecular complexity index is 1250. The number of carbonyl (C=O) groups excluding carboxylic acids is 2. The van der Waals surface area contributed by atoms with E-state index in [1.165, 1.54) is 12.3 Å². The number of hydrogen-bond donors (Lipinski definition) is 1. The van der Waals surface area contributed by atoms with Crippen LogP contribution in [-0.4, -0.2) is 28.3 Å². The number of anilines is 2. The van der Waals surface area contributed by atoms with Gasteiger partial charge in [0.1, 0.15) is 18.1 Å². The van der Waals surface area contributed by atoms with Gasteiger partial charge in [0.15, 0.2) is 0 Å². The molecule has 0 aliphatic carbocycles. The minimum atomic E-state index is -4.62. The first kappa shape index (κ1) is 22.7. The van der Waals surface area contributed by atoms with E-state index in [1.807, 2.05) is 0 Å². The fourth-order valence-electron chi connectivity index (χ4n) is 3.63. The number of hydrogen-bond acceptors (Lipinski definition) is 4. The summed E-state index contributed by atoms with van der Waals surface area (Å²) >= 11 is 6.04. The highest BCUT2D eigenvalue weighted by Gasteiger charge is 2.35. The van der Waals surface area contributed by atoms with Crippen molar-refractivity contribution in [2.24, 2.45) is 0 Å². The van der Waals surface area contributed by atoms with Gasteiger partial charge in [-0.25, -0.2) is 9.37 Å². The Morgan fingerprint density at radius 1 is 1.21 bits per heavy atom. The zero-order chi connectivity index (χ0) is 23.9. The first-order chi connectivity index (χ1) is 15.6. The molecule has 1 aliphatic heterocycles. The number of fused-ring (bicyclic) bond motifs is 3. The van der Waals surface area contributed by atoms with Crippen LogP contribution in [0.3, 0.4) is 0 Å². The second-order valence-electron chi connectivity index (χ2n) is 7.34. The SMILES string of the molecule is C[C@@H]1C(=O)N(CC(=O)Nc2ccc(C(F)(F)F)nc2)c2cc(Cl)cc(F)c2-c2cccnc21. The molecule has 170 valence electrons. The third-order valence-electron chi connectivity index (χ3n) is 5.12. The summed E-state index contributed by atoms with van der Waals surface area (Å²) in [5, 5.41) is 2.42. The van der Waals surface area contributed by atoms with Gasteiger partial charge in [0.2, 0.25) is 11.8 Å². The van der Waals surface area contributed by atoms with E-state index in [9.17, 15) is 27.2 Å². The Morgan fingerprint density at radius 2 is 1.97 bits per heavy atom. The molecule has 0 bridgehead atoms. The van der Waals surface area contributed by atoms with E-state index in [4.69, 9.17) is 11.6 Å². The van der Waals surface area contributed by atoms with Gasteiger partial charge in [0.25, 0.3) is 0 Å². The summed E-state index contributed by atoms with van der Waals surface area (Å²) in [4.78, 5) is 34.5. The third-order valence-corrected chi connectivity index (χ3v) is 5.34. The maximum atomic E-state index is 15.0. The molecule has 0 unspecified atom stereocenters. The van der Waals surface area contributed by atoms with Crippen LogP contribution in [0, 0.1) is 5.82 Å². The monoisotopic (exact) mass is 478 g/mol. The molecule has 2 aromatic heterocycles. The second kappa shape index (κ2) is 8.43. The molecule has 0 saturated carbocycles. The average Bonchev–Trinajstić information content (AvgIpc) is 2.83. The Kier molecular flexibility index (Phi) is 5.79. The van der Waals surface area contributed by atoms with Crippen LogP contribution in [-0.2, 0) is 15.8 Å². The molecule has 0 radical (unpaired) electrons. The quantitative estimate of drug-likeness (QED) is 0.535. The topological polar surface area (TPSA) is 75.2 Å². The molecular formula is C22H15ClF4N4O2. The highest BCUT2D eigenvalue weighted by Crippen LogP contribution is 2.42. The van der Waals surface area contributed by atoms with Gasteiger partial charge in [0.05, 0.1) is 29.2 Å². The number of aromatic nitrogens is 2. The minimum absolute atomic E-state index is 0.00534. The Labute approximate surface area is 190 Å². The first-order valence-corrected chi connectivity index (χ1v) is 10.0. The lowest BCUT2D eigenvalue weighted by Gasteiger charge is -2.24. The van der Waals surface area contributed by atoms with Crippen LogP contribution in [0.5, 0.6) is 0 Å². The lowest BCUT2D eigenvalue weighted by molar-refractivity contribution is -0.141. The smallest absolute Gasteiger partial charge is 0.323 e. The molecule has 1 aromatic carbocycles. The Balaban J connectivity index is 1.68. The van der Waals surface area contributed by atoms with Crippen LogP contribution in [0.1, 0.15) is 24.2 Å². The van der Waals surface area contributed by atoms with E-state index in [2.05, 4.69) is 15.3 Å². The lowest BCUT2D eigenvalue weighted by Crippen LogP contribution is -2.40. The summed E-state index contributed by atoms with van der Waals surface area (Å²) in [7, 11) is 0. The van der Waals surface area contributed by atoms with Crippen molar-refractivity contribution >= 4 is 34.8 Å². The summed E-state index contributed by atoms with van der Waals surface area (Å²) in [5.74, 6) is -2.73. The van der Waals surface area contributed by atoms with E-state index in [1.54, 1.807) is 19.1 Å². The number of benzene rings is 1. The van der Waals surface area contributed by atoms with E-state index >= 15 is 0 Å². The maximum absolute atomic E-state index is 15.0. The molecule has 1 aliphatic rings. The van der Waals surface area contributed by atoms with Crippen LogP contribution in [0.15, 0.2) is 48.8 Å². The first-order valence-electron chi connectivity index (χ1n) is 9.65. The summed E-state index contributed by atoms with van der Waals surface area (Å²) in [6.07, 6.45) is -2.28. The standard InChI is InChI=1S/C22H15ClF4N4O2/c1-11-20-14(3-2-6-28-20)19-15(24)7-12(23)8-16(19)31(21(11)33)10-18(32)30-13-4-5-17(29-9-13)22(25,26)27/h2-9,11H,10H2,1H3,(H,30,32)/t11-/m0/s1. The Morgan fingerprint density at radius 3 is 2.64 bits per heavy atom. The molecule has 11 heteroatoms. The molecule has 3 heterocycles. The molecular weight excluding hydrogens is 464 g/mol. The number of halogens is 5. The van der Waals surface area contributed by atoms with Crippen molar-refractivity contribution in [1.82, 2.24) is 9.97 Å². The fourth-order valence-corrected chi connectivity index (χ4v) is 3.82. The van der Waals surface area contributed by atoms with Gasteiger partial charge < -0.3 is 10.2 Å². The third kappa shape index (κ3) is 4.38. The zero-order valence-corrected chi connectivity index (χ0v) is 17.7. The van der Waals surface area contributed by atoms with E-state index in [0.717, 1.165) is 29.3 Å². The number of alkyl halides is 3. The molecule has 4 rings (SSSR count). The summed E-state index contributed by atoms with van der Waals surface area (Å²) in [5.41, 5.74) is -0.197. The van der Waals surface area contributed by atoms with Gasteiger partial charge in [0, 0.05) is 22.3 Å². The Hall–Kier alpha value is -3.53. The van der Waals surface area contributed by atoms with Gasteiger partial charge in [-0.3, -0.25) is 14.6 Å². The number of rotatable bonds is 3. The molecule has 3 aromatic rings. The maximum Gasteiger partial charge on any atom is 0.433 e. The lowest BCUT2D eigenvalue weighted by atomic mass is 9.97. The highest BCUT2D eigenvalue weighted by atomic mass is 35.5. The van der Waals surface area contributed by atoms with Crippen LogP contribution in [0.4, 0.5) is 28.9 Å². The van der Waals surface area contributed by atoms with Crippen molar-refractivity contribution in [1.29, 1.82) is 0 Å². The molecule has 6 nitrogen and oxygen atoms in total. The molecule has 0 spiro atoms. The summed E-state index contributed by atoms with van der Waals surface area (Å²) in [6, 6.07) is 7.48. The largest absolute Gasteiger partial charge is 0.433 e. The predicted molar refractivity (Wildman–Crippen MR) is 113 cm³/mol. The van der Waals surface area contributed by atoms with Crippen molar-refractivity contribution in [3.05, 3.63) is 71.0 Å². The average molecular weight is 479 g/mol. The number of nitrogens with one attached hydrogen (secondary N) is 1. The van der Waals surface area contributed by atoms with Crippen LogP contribution in [0.2, 0.25) is 5.02 Å². The van der Waals surface area contributed by atoms with Gasteiger partial charge in [-0.15, -0.1) is 0 Å². The van der Waals surface area contributed by atoms with E-state index in [0.29, 0.717) is 11.3 Å². The van der Waals surface area contributed by atoms with Crippen molar-refractivity contribution in [2.45, 2.75) is 19.0 Å². The zero-order valence-electron chi connectivity index (χ0n) is 17.0. The predicted octanol–water partition coefficient (Wildman–Crippen LogP) is 5.04. The molecule has 1 N–H and O–H groups in total. The number of amides is 2.